The zero-order chi connectivity index (χ0) is 23.1. The van der Waals surface area contributed by atoms with E-state index in [1.165, 1.54) is 0 Å². The number of rotatable bonds is 4. The second-order valence-electron chi connectivity index (χ2n) is 10.8. The van der Waals surface area contributed by atoms with Gasteiger partial charge in [-0.25, -0.2) is 4.39 Å². The molecule has 0 radical (unpaired) electrons. The molecular formula is C26H37FN4O. The summed E-state index contributed by atoms with van der Waals surface area (Å²) in [7, 11) is 0. The number of halogens is 1. The number of anilines is 1. The van der Waals surface area contributed by atoms with Crippen LogP contribution in [0.5, 0.6) is 0 Å². The van der Waals surface area contributed by atoms with Crippen molar-refractivity contribution in [2.45, 2.75) is 71.1 Å². The van der Waals surface area contributed by atoms with Gasteiger partial charge in [-0.05, 0) is 70.2 Å². The molecule has 4 rings (SSSR count). The Hall–Kier alpha value is -2.21. The Morgan fingerprint density at radius 2 is 1.94 bits per heavy atom. The van der Waals surface area contributed by atoms with Crippen molar-refractivity contribution < 1.29 is 9.18 Å². The fraction of sp³-hybridized carbons (Fsp3) is 0.615. The van der Waals surface area contributed by atoms with E-state index in [2.05, 4.69) is 72.9 Å². The van der Waals surface area contributed by atoms with Crippen LogP contribution in [0.1, 0.15) is 52.5 Å². The largest absolute Gasteiger partial charge is 0.369 e. The van der Waals surface area contributed by atoms with Gasteiger partial charge in [-0.2, -0.15) is 0 Å². The van der Waals surface area contributed by atoms with E-state index in [-0.39, 0.29) is 23.9 Å². The minimum Gasteiger partial charge on any atom is -0.369 e. The van der Waals surface area contributed by atoms with Crippen LogP contribution in [-0.2, 0) is 4.79 Å². The zero-order valence-corrected chi connectivity index (χ0v) is 20.1. The molecule has 1 aromatic carbocycles. The summed E-state index contributed by atoms with van der Waals surface area (Å²) in [4.78, 5) is 22.0. The lowest BCUT2D eigenvalue weighted by Gasteiger charge is -2.43. The first-order valence-electron chi connectivity index (χ1n) is 11.9. The van der Waals surface area contributed by atoms with Gasteiger partial charge in [0.1, 0.15) is 5.67 Å². The van der Waals surface area contributed by atoms with E-state index >= 15 is 4.39 Å². The van der Waals surface area contributed by atoms with Crippen LogP contribution in [0.3, 0.4) is 0 Å². The normalized spacial score (nSPS) is 24.1. The molecular weight excluding hydrogens is 403 g/mol. The molecule has 0 spiro atoms. The summed E-state index contributed by atoms with van der Waals surface area (Å²) in [5.41, 5.74) is 1.98. The van der Waals surface area contributed by atoms with Gasteiger partial charge in [-0.15, -0.1) is 0 Å². The number of carbonyl (C=O) groups excluding carboxylic acids is 1. The van der Waals surface area contributed by atoms with E-state index in [1.807, 2.05) is 12.3 Å². The number of likely N-dealkylation sites (tertiary alicyclic amines) is 1. The van der Waals surface area contributed by atoms with Crippen LogP contribution >= 0.6 is 0 Å². The van der Waals surface area contributed by atoms with Crippen molar-refractivity contribution in [2.24, 2.45) is 5.92 Å². The SMILES string of the molecule is Cc1ccc(N2C[C@@H](C)[C@@H](NC(=O)CC3(F)CCN(C(C)(C)C)CC3)C2)c2cccnc12. The van der Waals surface area contributed by atoms with Crippen molar-refractivity contribution in [3.8, 4) is 0 Å². The van der Waals surface area contributed by atoms with E-state index in [9.17, 15) is 4.79 Å². The molecule has 0 bridgehead atoms. The van der Waals surface area contributed by atoms with E-state index in [4.69, 9.17) is 0 Å². The number of aromatic nitrogens is 1. The molecule has 1 aromatic heterocycles. The second kappa shape index (κ2) is 8.62. The monoisotopic (exact) mass is 440 g/mol. The molecule has 5 nitrogen and oxygen atoms in total. The summed E-state index contributed by atoms with van der Waals surface area (Å²) in [6, 6.07) is 8.36. The molecule has 2 aromatic rings. The highest BCUT2D eigenvalue weighted by Gasteiger charge is 2.40. The predicted octanol–water partition coefficient (Wildman–Crippen LogP) is 4.48. The average Bonchev–Trinajstić information content (AvgIpc) is 3.07. The molecule has 174 valence electrons. The second-order valence-corrected chi connectivity index (χ2v) is 10.8. The minimum absolute atomic E-state index is 0.0220. The van der Waals surface area contributed by atoms with Crippen LogP contribution in [-0.4, -0.2) is 59.2 Å². The Labute approximate surface area is 191 Å². The smallest absolute Gasteiger partial charge is 0.223 e. The Balaban J connectivity index is 1.38. The molecule has 2 aliphatic heterocycles. The lowest BCUT2D eigenvalue weighted by molar-refractivity contribution is -0.126. The first-order chi connectivity index (χ1) is 15.1. The molecule has 1 amide bonds. The number of piperidine rings is 1. The number of benzene rings is 1. The molecule has 2 fully saturated rings. The molecule has 2 aliphatic rings. The van der Waals surface area contributed by atoms with Crippen molar-refractivity contribution in [1.29, 1.82) is 0 Å². The summed E-state index contributed by atoms with van der Waals surface area (Å²) in [5.74, 6) is 0.135. The number of alkyl halides is 1. The van der Waals surface area contributed by atoms with E-state index in [0.717, 1.165) is 35.2 Å². The maximum absolute atomic E-state index is 15.4. The van der Waals surface area contributed by atoms with Gasteiger partial charge in [0.15, 0.2) is 0 Å². The van der Waals surface area contributed by atoms with Crippen LogP contribution in [0.25, 0.3) is 10.9 Å². The summed E-state index contributed by atoms with van der Waals surface area (Å²) >= 11 is 0. The number of carbonyl (C=O) groups is 1. The predicted molar refractivity (Wildman–Crippen MR) is 129 cm³/mol. The van der Waals surface area contributed by atoms with Crippen LogP contribution < -0.4 is 10.2 Å². The van der Waals surface area contributed by atoms with Crippen molar-refractivity contribution >= 4 is 22.5 Å². The highest BCUT2D eigenvalue weighted by Crippen LogP contribution is 2.34. The van der Waals surface area contributed by atoms with Gasteiger partial charge < -0.3 is 10.2 Å². The highest BCUT2D eigenvalue weighted by atomic mass is 19.1. The maximum Gasteiger partial charge on any atom is 0.223 e. The Morgan fingerprint density at radius 1 is 1.22 bits per heavy atom. The van der Waals surface area contributed by atoms with E-state index < -0.39 is 5.67 Å². The number of aryl methyl sites for hydroxylation is 1. The molecule has 2 atom stereocenters. The van der Waals surface area contributed by atoms with Gasteiger partial charge in [-0.3, -0.25) is 14.7 Å². The fourth-order valence-electron chi connectivity index (χ4n) is 5.23. The Bertz CT molecular complexity index is 977. The van der Waals surface area contributed by atoms with Gasteiger partial charge >= 0.3 is 0 Å². The molecule has 2 saturated heterocycles. The standard InChI is InChI=1S/C26H37FN4O/c1-18-8-9-22(20-7-6-12-28-24(18)20)30-16-19(2)21(17-30)29-23(32)15-26(27)10-13-31(14-11-26)25(3,4)5/h6-9,12,19,21H,10-11,13-17H2,1-5H3,(H,29,32)/t19-,21+/m1/s1. The summed E-state index contributed by atoms with van der Waals surface area (Å²) in [6.07, 6.45) is 2.64. The maximum atomic E-state index is 15.4. The lowest BCUT2D eigenvalue weighted by Crippen LogP contribution is -2.51. The third-order valence-electron chi connectivity index (χ3n) is 7.33. The number of hydrogen-bond acceptors (Lipinski definition) is 4. The summed E-state index contributed by atoms with van der Waals surface area (Å²) < 4.78 is 15.4. The van der Waals surface area contributed by atoms with Crippen LogP contribution in [0.4, 0.5) is 10.1 Å². The number of nitrogens with zero attached hydrogens (tertiary/aromatic N) is 3. The molecule has 0 unspecified atom stereocenters. The first kappa shape index (κ1) is 23.0. The molecule has 0 saturated carbocycles. The Morgan fingerprint density at radius 3 is 2.62 bits per heavy atom. The van der Waals surface area contributed by atoms with Crippen LogP contribution in [0.15, 0.2) is 30.5 Å². The van der Waals surface area contributed by atoms with Gasteiger partial charge in [0.25, 0.3) is 0 Å². The number of nitrogens with one attached hydrogen (secondary N) is 1. The van der Waals surface area contributed by atoms with Gasteiger partial charge in [0, 0.05) is 49.0 Å². The van der Waals surface area contributed by atoms with Crippen molar-refractivity contribution in [3.63, 3.8) is 0 Å². The number of hydrogen-bond donors (Lipinski definition) is 1. The number of fused-ring (bicyclic) bond motifs is 1. The van der Waals surface area contributed by atoms with Crippen LogP contribution in [0.2, 0.25) is 0 Å². The van der Waals surface area contributed by atoms with Crippen molar-refractivity contribution in [3.05, 3.63) is 36.0 Å². The van der Waals surface area contributed by atoms with Gasteiger partial charge in [-0.1, -0.05) is 13.0 Å². The summed E-state index contributed by atoms with van der Waals surface area (Å²) in [6.45, 7) is 13.7. The third kappa shape index (κ3) is 4.75. The zero-order valence-electron chi connectivity index (χ0n) is 20.1. The van der Waals surface area contributed by atoms with Crippen LogP contribution in [0, 0.1) is 12.8 Å². The van der Waals surface area contributed by atoms with Crippen molar-refractivity contribution in [1.82, 2.24) is 15.2 Å². The number of amides is 1. The van der Waals surface area contributed by atoms with E-state index in [0.29, 0.717) is 31.8 Å². The molecule has 3 heterocycles. The minimum atomic E-state index is -1.40. The van der Waals surface area contributed by atoms with Crippen molar-refractivity contribution in [2.75, 3.05) is 31.1 Å². The quantitative estimate of drug-likeness (QED) is 0.762. The summed E-state index contributed by atoms with van der Waals surface area (Å²) in [5, 5.41) is 4.29. The topological polar surface area (TPSA) is 48.5 Å². The molecule has 0 aliphatic carbocycles. The lowest BCUT2D eigenvalue weighted by atomic mass is 9.87. The van der Waals surface area contributed by atoms with Gasteiger partial charge in [0.2, 0.25) is 5.91 Å². The average molecular weight is 441 g/mol. The molecule has 32 heavy (non-hydrogen) atoms. The fourth-order valence-corrected chi connectivity index (χ4v) is 5.23. The Kier molecular flexibility index (Phi) is 6.19. The van der Waals surface area contributed by atoms with E-state index in [1.54, 1.807) is 0 Å². The third-order valence-corrected chi connectivity index (χ3v) is 7.33. The first-order valence-corrected chi connectivity index (χ1v) is 11.9. The number of pyridine rings is 1. The van der Waals surface area contributed by atoms with Gasteiger partial charge in [0.05, 0.1) is 18.0 Å². The molecule has 6 heteroatoms. The highest BCUT2D eigenvalue weighted by molar-refractivity contribution is 5.94. The molecule has 1 N–H and O–H groups in total.